The first-order chi connectivity index (χ1) is 9.74. The lowest BCUT2D eigenvalue weighted by atomic mass is 10.1. The van der Waals surface area contributed by atoms with Crippen LogP contribution in [0.25, 0.3) is 0 Å². The lowest BCUT2D eigenvalue weighted by Gasteiger charge is -2.21. The molecule has 2 rings (SSSR count). The van der Waals surface area contributed by atoms with Crippen LogP contribution >= 0.6 is 11.6 Å². The standard InChI is InChI=1S/C15H21ClN2O2/c16-12-13-3-1-4-14(11-13)15(20)18-6-2-5-17(7-8-18)9-10-19/h1,3-4,11,19H,2,5-10,12H2. The van der Waals surface area contributed by atoms with E-state index < -0.39 is 0 Å². The second-order valence-corrected chi connectivity index (χ2v) is 5.31. The molecule has 0 bridgehead atoms. The summed E-state index contributed by atoms with van der Waals surface area (Å²) in [6.45, 7) is 4.10. The van der Waals surface area contributed by atoms with Crippen molar-refractivity contribution < 1.29 is 9.90 Å². The topological polar surface area (TPSA) is 43.8 Å². The Bertz CT molecular complexity index is 453. The van der Waals surface area contributed by atoms with Gasteiger partial charge < -0.3 is 10.0 Å². The van der Waals surface area contributed by atoms with E-state index >= 15 is 0 Å². The quantitative estimate of drug-likeness (QED) is 0.858. The maximum Gasteiger partial charge on any atom is 0.253 e. The Balaban J connectivity index is 2.01. The average Bonchev–Trinajstić information content (AvgIpc) is 2.73. The Hall–Kier alpha value is -1.10. The van der Waals surface area contributed by atoms with Crippen molar-refractivity contribution in [1.29, 1.82) is 0 Å². The molecule has 1 aromatic rings. The molecule has 0 unspecified atom stereocenters. The van der Waals surface area contributed by atoms with Gasteiger partial charge in [-0.25, -0.2) is 0 Å². The molecule has 20 heavy (non-hydrogen) atoms. The number of rotatable bonds is 4. The van der Waals surface area contributed by atoms with Gasteiger partial charge in [0.25, 0.3) is 5.91 Å². The smallest absolute Gasteiger partial charge is 0.253 e. The first kappa shape index (κ1) is 15.3. The van der Waals surface area contributed by atoms with Gasteiger partial charge >= 0.3 is 0 Å². The van der Waals surface area contributed by atoms with Gasteiger partial charge in [-0.3, -0.25) is 9.69 Å². The van der Waals surface area contributed by atoms with Gasteiger partial charge in [0, 0.05) is 37.6 Å². The number of carbonyl (C=O) groups is 1. The van der Waals surface area contributed by atoms with Crippen molar-refractivity contribution in [1.82, 2.24) is 9.80 Å². The molecule has 5 heteroatoms. The van der Waals surface area contributed by atoms with Crippen LogP contribution in [0.4, 0.5) is 0 Å². The number of aliphatic hydroxyl groups excluding tert-OH is 1. The molecule has 0 spiro atoms. The summed E-state index contributed by atoms with van der Waals surface area (Å²) in [5.74, 6) is 0.494. The van der Waals surface area contributed by atoms with Crippen LogP contribution in [0, 0.1) is 0 Å². The minimum atomic E-state index is 0.0721. The maximum absolute atomic E-state index is 12.5. The molecule has 1 aliphatic heterocycles. The molecule has 1 N–H and O–H groups in total. The predicted molar refractivity (Wildman–Crippen MR) is 80.0 cm³/mol. The number of halogens is 1. The Morgan fingerprint density at radius 2 is 2.10 bits per heavy atom. The van der Waals surface area contributed by atoms with Gasteiger partial charge in [-0.1, -0.05) is 12.1 Å². The van der Waals surface area contributed by atoms with Crippen molar-refractivity contribution in [2.45, 2.75) is 12.3 Å². The summed E-state index contributed by atoms with van der Waals surface area (Å²) < 4.78 is 0. The van der Waals surface area contributed by atoms with E-state index in [1.807, 2.05) is 29.2 Å². The summed E-state index contributed by atoms with van der Waals surface area (Å²) in [4.78, 5) is 16.6. The Morgan fingerprint density at radius 1 is 1.25 bits per heavy atom. The Morgan fingerprint density at radius 3 is 2.85 bits per heavy atom. The number of alkyl halides is 1. The molecule has 0 saturated carbocycles. The molecule has 1 aromatic carbocycles. The summed E-state index contributed by atoms with van der Waals surface area (Å²) in [5.41, 5.74) is 1.67. The lowest BCUT2D eigenvalue weighted by molar-refractivity contribution is 0.0760. The highest BCUT2D eigenvalue weighted by molar-refractivity contribution is 6.17. The van der Waals surface area contributed by atoms with Crippen molar-refractivity contribution in [3.8, 4) is 0 Å². The molecule has 0 aromatic heterocycles. The van der Waals surface area contributed by atoms with Gasteiger partial charge in [-0.2, -0.15) is 0 Å². The van der Waals surface area contributed by atoms with E-state index in [1.54, 1.807) is 0 Å². The largest absolute Gasteiger partial charge is 0.395 e. The van der Waals surface area contributed by atoms with Gasteiger partial charge in [0.15, 0.2) is 0 Å². The normalized spacial score (nSPS) is 17.0. The van der Waals surface area contributed by atoms with Crippen LogP contribution in [0.5, 0.6) is 0 Å². The average molecular weight is 297 g/mol. The number of carbonyl (C=O) groups excluding carboxylic acids is 1. The molecule has 0 atom stereocenters. The summed E-state index contributed by atoms with van der Waals surface area (Å²) in [7, 11) is 0. The second-order valence-electron chi connectivity index (χ2n) is 5.05. The fourth-order valence-electron chi connectivity index (χ4n) is 2.51. The van der Waals surface area contributed by atoms with Crippen molar-refractivity contribution in [2.24, 2.45) is 0 Å². The van der Waals surface area contributed by atoms with Gasteiger partial charge in [-0.05, 0) is 30.7 Å². The fourth-order valence-corrected chi connectivity index (χ4v) is 2.68. The Labute approximate surface area is 124 Å². The third-order valence-electron chi connectivity index (χ3n) is 3.62. The molecular weight excluding hydrogens is 276 g/mol. The van der Waals surface area contributed by atoms with E-state index in [1.165, 1.54) is 0 Å². The van der Waals surface area contributed by atoms with Crippen LogP contribution < -0.4 is 0 Å². The molecule has 0 aliphatic carbocycles. The monoisotopic (exact) mass is 296 g/mol. The van der Waals surface area contributed by atoms with Crippen molar-refractivity contribution in [3.63, 3.8) is 0 Å². The van der Waals surface area contributed by atoms with E-state index in [4.69, 9.17) is 16.7 Å². The zero-order valence-corrected chi connectivity index (χ0v) is 12.4. The first-order valence-corrected chi connectivity index (χ1v) is 7.55. The SMILES string of the molecule is O=C(c1cccc(CCl)c1)N1CCCN(CCO)CC1. The zero-order chi connectivity index (χ0) is 14.4. The third-order valence-corrected chi connectivity index (χ3v) is 3.93. The summed E-state index contributed by atoms with van der Waals surface area (Å²) in [6, 6.07) is 7.51. The van der Waals surface area contributed by atoms with Crippen LogP contribution in [0.15, 0.2) is 24.3 Å². The molecule has 1 fully saturated rings. The van der Waals surface area contributed by atoms with E-state index in [0.717, 1.165) is 31.6 Å². The van der Waals surface area contributed by atoms with Gasteiger partial charge in [0.1, 0.15) is 0 Å². The first-order valence-electron chi connectivity index (χ1n) is 7.02. The zero-order valence-electron chi connectivity index (χ0n) is 11.6. The maximum atomic E-state index is 12.5. The molecule has 4 nitrogen and oxygen atoms in total. The van der Waals surface area contributed by atoms with Gasteiger partial charge in [-0.15, -0.1) is 11.6 Å². The van der Waals surface area contributed by atoms with Crippen molar-refractivity contribution >= 4 is 17.5 Å². The molecule has 1 amide bonds. The third kappa shape index (κ3) is 3.95. The second kappa shape index (κ2) is 7.62. The molecule has 1 aliphatic rings. The van der Waals surface area contributed by atoms with E-state index in [2.05, 4.69) is 4.90 Å². The van der Waals surface area contributed by atoms with E-state index in [-0.39, 0.29) is 12.5 Å². The highest BCUT2D eigenvalue weighted by Crippen LogP contribution is 2.12. The molecular formula is C15H21ClN2O2. The lowest BCUT2D eigenvalue weighted by Crippen LogP contribution is -2.35. The Kier molecular flexibility index (Phi) is 5.83. The highest BCUT2D eigenvalue weighted by atomic mass is 35.5. The molecule has 1 heterocycles. The summed E-state index contributed by atoms with van der Waals surface area (Å²) in [6.07, 6.45) is 0.945. The van der Waals surface area contributed by atoms with Crippen LogP contribution in [0.2, 0.25) is 0 Å². The van der Waals surface area contributed by atoms with Crippen LogP contribution in [0.3, 0.4) is 0 Å². The summed E-state index contributed by atoms with van der Waals surface area (Å²) >= 11 is 5.81. The molecule has 0 radical (unpaired) electrons. The number of hydrogen-bond acceptors (Lipinski definition) is 3. The number of hydrogen-bond donors (Lipinski definition) is 1. The molecule has 1 saturated heterocycles. The van der Waals surface area contributed by atoms with E-state index in [0.29, 0.717) is 24.5 Å². The summed E-state index contributed by atoms with van der Waals surface area (Å²) in [5, 5.41) is 8.99. The number of amides is 1. The van der Waals surface area contributed by atoms with Crippen LogP contribution in [-0.4, -0.2) is 60.1 Å². The number of nitrogens with zero attached hydrogens (tertiary/aromatic N) is 2. The molecule has 110 valence electrons. The van der Waals surface area contributed by atoms with E-state index in [9.17, 15) is 4.79 Å². The minimum absolute atomic E-state index is 0.0721. The van der Waals surface area contributed by atoms with Gasteiger partial charge in [0.2, 0.25) is 0 Å². The number of aliphatic hydroxyl groups is 1. The number of β-amino-alcohol motifs (C(OH)–C–C–N with tert-alkyl or cyclic N) is 1. The van der Waals surface area contributed by atoms with Crippen molar-refractivity contribution in [2.75, 3.05) is 39.3 Å². The highest BCUT2D eigenvalue weighted by Gasteiger charge is 2.20. The van der Waals surface area contributed by atoms with Crippen molar-refractivity contribution in [3.05, 3.63) is 35.4 Å². The number of benzene rings is 1. The fraction of sp³-hybridized carbons (Fsp3) is 0.533. The van der Waals surface area contributed by atoms with Crippen LogP contribution in [-0.2, 0) is 5.88 Å². The predicted octanol–water partition coefficient (Wildman–Crippen LogP) is 1.57. The minimum Gasteiger partial charge on any atom is -0.395 e. The van der Waals surface area contributed by atoms with Gasteiger partial charge in [0.05, 0.1) is 6.61 Å². The van der Waals surface area contributed by atoms with Crippen LogP contribution in [0.1, 0.15) is 22.3 Å².